The van der Waals surface area contributed by atoms with Crippen LogP contribution in [0.2, 0.25) is 0 Å². The first-order valence-electron chi connectivity index (χ1n) is 8.31. The van der Waals surface area contributed by atoms with Crippen molar-refractivity contribution in [3.63, 3.8) is 0 Å². The van der Waals surface area contributed by atoms with E-state index in [0.717, 1.165) is 5.56 Å². The van der Waals surface area contributed by atoms with E-state index in [2.05, 4.69) is 19.2 Å². The van der Waals surface area contributed by atoms with Crippen molar-refractivity contribution in [3.05, 3.63) is 42.0 Å². The van der Waals surface area contributed by atoms with Gasteiger partial charge in [-0.3, -0.25) is 4.79 Å². The number of anilines is 1. The van der Waals surface area contributed by atoms with Crippen LogP contribution in [-0.4, -0.2) is 33.8 Å². The molecule has 0 unspecified atom stereocenters. The van der Waals surface area contributed by atoms with Crippen molar-refractivity contribution in [3.8, 4) is 23.0 Å². The normalized spacial score (nSPS) is 10.4. The Hall–Kier alpha value is -2.89. The van der Waals surface area contributed by atoms with Gasteiger partial charge in [-0.2, -0.15) is 0 Å². The van der Waals surface area contributed by atoms with E-state index < -0.39 is 0 Å². The van der Waals surface area contributed by atoms with Gasteiger partial charge in [0.15, 0.2) is 18.1 Å². The number of nitrogens with one attached hydrogen (secondary N) is 1. The quantitative estimate of drug-likeness (QED) is 0.775. The minimum absolute atomic E-state index is 0.0968. The number of benzene rings is 2. The maximum absolute atomic E-state index is 12.3. The molecule has 0 bridgehead atoms. The van der Waals surface area contributed by atoms with Gasteiger partial charge in [0.2, 0.25) is 5.75 Å². The predicted molar refractivity (Wildman–Crippen MR) is 101 cm³/mol. The molecule has 0 saturated carbocycles. The summed E-state index contributed by atoms with van der Waals surface area (Å²) in [6, 6.07) is 11.0. The fourth-order valence-electron chi connectivity index (χ4n) is 2.58. The number of carbonyl (C=O) groups is 1. The average Bonchev–Trinajstić information content (AvgIpc) is 2.65. The molecule has 0 aliphatic heterocycles. The lowest BCUT2D eigenvalue weighted by molar-refractivity contribution is -0.118. The molecule has 0 heterocycles. The molecule has 2 aromatic rings. The molecule has 2 rings (SSSR count). The van der Waals surface area contributed by atoms with Gasteiger partial charge in [-0.25, -0.2) is 0 Å². The van der Waals surface area contributed by atoms with Crippen molar-refractivity contribution < 1.29 is 23.7 Å². The van der Waals surface area contributed by atoms with E-state index in [-0.39, 0.29) is 12.5 Å². The van der Waals surface area contributed by atoms with Crippen molar-refractivity contribution in [1.29, 1.82) is 0 Å². The van der Waals surface area contributed by atoms with Gasteiger partial charge in [0, 0.05) is 17.8 Å². The SMILES string of the molecule is COc1cc(NC(=O)COc2ccccc2C(C)C)cc(OC)c1OC. The minimum Gasteiger partial charge on any atom is -0.493 e. The second kappa shape index (κ2) is 8.99. The third-order valence-corrected chi connectivity index (χ3v) is 3.85. The maximum Gasteiger partial charge on any atom is 0.262 e. The van der Waals surface area contributed by atoms with Gasteiger partial charge < -0.3 is 24.3 Å². The summed E-state index contributed by atoms with van der Waals surface area (Å²) in [6.45, 7) is 4.07. The van der Waals surface area contributed by atoms with Gasteiger partial charge in [-0.15, -0.1) is 0 Å². The highest BCUT2D eigenvalue weighted by molar-refractivity contribution is 5.92. The number of ether oxygens (including phenoxy) is 4. The lowest BCUT2D eigenvalue weighted by atomic mass is 10.0. The summed E-state index contributed by atoms with van der Waals surface area (Å²) in [4.78, 5) is 12.3. The molecule has 26 heavy (non-hydrogen) atoms. The topological polar surface area (TPSA) is 66.0 Å². The van der Waals surface area contributed by atoms with Crippen molar-refractivity contribution in [2.45, 2.75) is 19.8 Å². The molecule has 0 saturated heterocycles. The number of rotatable bonds is 8. The second-order valence-electron chi connectivity index (χ2n) is 5.94. The molecule has 0 aliphatic carbocycles. The molecule has 140 valence electrons. The number of methoxy groups -OCH3 is 3. The summed E-state index contributed by atoms with van der Waals surface area (Å²) < 4.78 is 21.5. The summed E-state index contributed by atoms with van der Waals surface area (Å²) in [5.41, 5.74) is 1.60. The molecular formula is C20H25NO5. The van der Waals surface area contributed by atoms with Crippen LogP contribution in [0.4, 0.5) is 5.69 Å². The summed E-state index contributed by atoms with van der Waals surface area (Å²) >= 11 is 0. The zero-order valence-corrected chi connectivity index (χ0v) is 15.8. The average molecular weight is 359 g/mol. The van der Waals surface area contributed by atoms with E-state index in [9.17, 15) is 4.79 Å². The van der Waals surface area contributed by atoms with Crippen molar-refractivity contribution in [2.24, 2.45) is 0 Å². The fourth-order valence-corrected chi connectivity index (χ4v) is 2.58. The largest absolute Gasteiger partial charge is 0.493 e. The van der Waals surface area contributed by atoms with Gasteiger partial charge in [0.1, 0.15) is 5.75 Å². The fraction of sp³-hybridized carbons (Fsp3) is 0.350. The number of para-hydroxylation sites is 1. The highest BCUT2D eigenvalue weighted by Crippen LogP contribution is 2.39. The number of carbonyl (C=O) groups excluding carboxylic acids is 1. The van der Waals surface area contributed by atoms with Gasteiger partial charge >= 0.3 is 0 Å². The minimum atomic E-state index is -0.280. The van der Waals surface area contributed by atoms with Crippen LogP contribution in [0.25, 0.3) is 0 Å². The molecule has 0 aromatic heterocycles. The summed E-state index contributed by atoms with van der Waals surface area (Å²) in [7, 11) is 4.57. The van der Waals surface area contributed by atoms with Crippen LogP contribution in [0.1, 0.15) is 25.3 Å². The molecule has 0 spiro atoms. The lowest BCUT2D eigenvalue weighted by Crippen LogP contribution is -2.20. The summed E-state index contributed by atoms with van der Waals surface area (Å²) in [5.74, 6) is 2.14. The molecule has 6 heteroatoms. The zero-order chi connectivity index (χ0) is 19.1. The van der Waals surface area contributed by atoms with E-state index in [1.807, 2.05) is 24.3 Å². The van der Waals surface area contributed by atoms with Crippen LogP contribution >= 0.6 is 0 Å². The number of hydrogen-bond donors (Lipinski definition) is 1. The molecule has 0 fully saturated rings. The van der Waals surface area contributed by atoms with Crippen molar-refractivity contribution in [1.82, 2.24) is 0 Å². The Morgan fingerprint density at radius 2 is 1.58 bits per heavy atom. The molecule has 0 radical (unpaired) electrons. The number of hydrogen-bond acceptors (Lipinski definition) is 5. The number of amides is 1. The summed E-state index contributed by atoms with van der Waals surface area (Å²) in [5, 5.41) is 2.78. The molecule has 6 nitrogen and oxygen atoms in total. The van der Waals surface area contributed by atoms with Crippen molar-refractivity contribution >= 4 is 11.6 Å². The molecular weight excluding hydrogens is 334 g/mol. The van der Waals surface area contributed by atoms with Crippen molar-refractivity contribution in [2.75, 3.05) is 33.3 Å². The Labute approximate surface area is 154 Å². The summed E-state index contributed by atoms with van der Waals surface area (Å²) in [6.07, 6.45) is 0. The zero-order valence-electron chi connectivity index (χ0n) is 15.8. The van der Waals surface area contributed by atoms with Crippen LogP contribution in [0.15, 0.2) is 36.4 Å². The van der Waals surface area contributed by atoms with E-state index >= 15 is 0 Å². The Bertz CT molecular complexity index is 733. The van der Waals surface area contributed by atoms with E-state index in [4.69, 9.17) is 18.9 Å². The first-order chi connectivity index (χ1) is 12.5. The Kier molecular flexibility index (Phi) is 6.72. The molecule has 0 atom stereocenters. The van der Waals surface area contributed by atoms with E-state index in [1.165, 1.54) is 21.3 Å². The van der Waals surface area contributed by atoms with Crippen LogP contribution in [0.3, 0.4) is 0 Å². The van der Waals surface area contributed by atoms with Crippen LogP contribution in [0, 0.1) is 0 Å². The Balaban J connectivity index is 2.09. The van der Waals surface area contributed by atoms with Gasteiger partial charge in [-0.05, 0) is 17.5 Å². The van der Waals surface area contributed by atoms with Gasteiger partial charge in [0.25, 0.3) is 5.91 Å². The molecule has 1 N–H and O–H groups in total. The second-order valence-corrected chi connectivity index (χ2v) is 5.94. The molecule has 2 aromatic carbocycles. The first-order valence-corrected chi connectivity index (χ1v) is 8.31. The van der Waals surface area contributed by atoms with Crippen LogP contribution < -0.4 is 24.3 Å². The first kappa shape index (κ1) is 19.4. The lowest BCUT2D eigenvalue weighted by Gasteiger charge is -2.16. The highest BCUT2D eigenvalue weighted by Gasteiger charge is 2.15. The predicted octanol–water partition coefficient (Wildman–Crippen LogP) is 3.85. The monoisotopic (exact) mass is 359 g/mol. The highest BCUT2D eigenvalue weighted by atomic mass is 16.5. The maximum atomic E-state index is 12.3. The third-order valence-electron chi connectivity index (χ3n) is 3.85. The Morgan fingerprint density at radius 3 is 2.12 bits per heavy atom. The molecule has 0 aliphatic rings. The van der Waals surface area contributed by atoms with Gasteiger partial charge in [0.05, 0.1) is 21.3 Å². The molecule has 1 amide bonds. The smallest absolute Gasteiger partial charge is 0.262 e. The van der Waals surface area contributed by atoms with E-state index in [1.54, 1.807) is 12.1 Å². The van der Waals surface area contributed by atoms with Crippen LogP contribution in [0.5, 0.6) is 23.0 Å². The van der Waals surface area contributed by atoms with Crippen LogP contribution in [-0.2, 0) is 4.79 Å². The standard InChI is InChI=1S/C20H25NO5/c1-13(2)15-8-6-7-9-16(15)26-12-19(22)21-14-10-17(23-3)20(25-5)18(11-14)24-4/h6-11,13H,12H2,1-5H3,(H,21,22). The third kappa shape index (κ3) is 4.59. The van der Waals surface area contributed by atoms with Gasteiger partial charge in [-0.1, -0.05) is 32.0 Å². The Morgan fingerprint density at radius 1 is 0.962 bits per heavy atom. The van der Waals surface area contributed by atoms with E-state index in [0.29, 0.717) is 34.6 Å².